The van der Waals surface area contributed by atoms with Crippen LogP contribution in [0.4, 0.5) is 0 Å². The molecule has 3 heteroatoms. The third-order valence-corrected chi connectivity index (χ3v) is 5.96. The largest absolute Gasteiger partial charge is 0.488 e. The minimum Gasteiger partial charge on any atom is -0.488 e. The van der Waals surface area contributed by atoms with Crippen molar-refractivity contribution in [3.63, 3.8) is 0 Å². The molecule has 0 aromatic carbocycles. The predicted molar refractivity (Wildman–Crippen MR) is 58.8 cm³/mol. The summed E-state index contributed by atoms with van der Waals surface area (Å²) in [4.78, 5) is 0. The zero-order valence-electron chi connectivity index (χ0n) is 7.56. The molecular formula is C9H15BrOS. The summed E-state index contributed by atoms with van der Waals surface area (Å²) in [7, 11) is -0.0940. The zero-order valence-corrected chi connectivity index (χ0v) is 10.0. The van der Waals surface area contributed by atoms with Gasteiger partial charge in [0.15, 0.2) is 0 Å². The normalized spacial score (nSPS) is 36.1. The highest BCUT2D eigenvalue weighted by Gasteiger charge is 2.33. The quantitative estimate of drug-likeness (QED) is 0.649. The molecule has 1 nitrogen and oxygen atoms in total. The van der Waals surface area contributed by atoms with E-state index < -0.39 is 0 Å². The second kappa shape index (κ2) is 2.95. The van der Waals surface area contributed by atoms with E-state index in [1.54, 1.807) is 5.57 Å². The van der Waals surface area contributed by atoms with Gasteiger partial charge in [-0.2, -0.15) is 0 Å². The van der Waals surface area contributed by atoms with Crippen molar-refractivity contribution in [3.05, 3.63) is 10.7 Å². The van der Waals surface area contributed by atoms with Gasteiger partial charge in [0, 0.05) is 5.41 Å². The van der Waals surface area contributed by atoms with Gasteiger partial charge in [-0.3, -0.25) is 0 Å². The molecule has 0 aromatic rings. The van der Waals surface area contributed by atoms with Gasteiger partial charge in [-0.1, -0.05) is 13.8 Å². The standard InChI is InChI=1S/C9H15BrOS/c1-9(2)5-7-3-4-12(10)8(7)11-6-9/h12H,3-6H2,1-2H3. The molecule has 2 rings (SSSR count). The van der Waals surface area contributed by atoms with Crippen LogP contribution in [0.1, 0.15) is 26.7 Å². The van der Waals surface area contributed by atoms with E-state index >= 15 is 0 Å². The zero-order chi connectivity index (χ0) is 8.77. The van der Waals surface area contributed by atoms with Gasteiger partial charge in [0.05, 0.1) is 6.61 Å². The Balaban J connectivity index is 2.20. The molecule has 1 unspecified atom stereocenters. The van der Waals surface area contributed by atoms with Crippen LogP contribution in [0.15, 0.2) is 10.7 Å². The molecule has 2 aliphatic heterocycles. The van der Waals surface area contributed by atoms with E-state index in [4.69, 9.17) is 4.74 Å². The van der Waals surface area contributed by atoms with Crippen molar-refractivity contribution in [2.75, 3.05) is 12.4 Å². The van der Waals surface area contributed by atoms with Gasteiger partial charge < -0.3 is 4.74 Å². The summed E-state index contributed by atoms with van der Waals surface area (Å²) >= 11 is 3.70. The van der Waals surface area contributed by atoms with Gasteiger partial charge >= 0.3 is 0 Å². The van der Waals surface area contributed by atoms with Crippen molar-refractivity contribution in [3.8, 4) is 0 Å². The fraction of sp³-hybridized carbons (Fsp3) is 0.778. The second-order valence-electron chi connectivity index (χ2n) is 4.37. The second-order valence-corrected chi connectivity index (χ2v) is 8.52. The van der Waals surface area contributed by atoms with Gasteiger partial charge in [0.25, 0.3) is 0 Å². The van der Waals surface area contributed by atoms with Crippen LogP contribution < -0.4 is 0 Å². The third-order valence-electron chi connectivity index (χ3n) is 2.42. The summed E-state index contributed by atoms with van der Waals surface area (Å²) < 4.78 is 5.79. The van der Waals surface area contributed by atoms with Crippen molar-refractivity contribution in [2.45, 2.75) is 26.7 Å². The molecule has 2 aliphatic rings. The van der Waals surface area contributed by atoms with Crippen LogP contribution in [0.5, 0.6) is 0 Å². The van der Waals surface area contributed by atoms with E-state index in [1.165, 1.54) is 23.7 Å². The Morgan fingerprint density at radius 1 is 1.50 bits per heavy atom. The molecule has 0 saturated heterocycles. The van der Waals surface area contributed by atoms with Crippen LogP contribution in [-0.4, -0.2) is 12.4 Å². The number of allylic oxidation sites excluding steroid dienone is 1. The molecule has 0 aliphatic carbocycles. The Labute approximate surface area is 84.1 Å². The smallest absolute Gasteiger partial charge is 0.142 e. The van der Waals surface area contributed by atoms with E-state index in [9.17, 15) is 0 Å². The van der Waals surface area contributed by atoms with Gasteiger partial charge in [-0.15, -0.1) is 9.33 Å². The van der Waals surface area contributed by atoms with Crippen molar-refractivity contribution < 1.29 is 4.74 Å². The first-order valence-electron chi connectivity index (χ1n) is 4.37. The predicted octanol–water partition coefficient (Wildman–Crippen LogP) is 3.36. The van der Waals surface area contributed by atoms with Crippen molar-refractivity contribution >= 4 is 24.1 Å². The lowest BCUT2D eigenvalue weighted by Crippen LogP contribution is -2.23. The van der Waals surface area contributed by atoms with Crippen LogP contribution in [0.25, 0.3) is 0 Å². The van der Waals surface area contributed by atoms with E-state index in [2.05, 4.69) is 28.7 Å². The first-order valence-corrected chi connectivity index (χ1v) is 7.91. The summed E-state index contributed by atoms with van der Waals surface area (Å²) in [6, 6.07) is 0. The lowest BCUT2D eigenvalue weighted by atomic mass is 9.85. The Bertz CT molecular complexity index is 235. The van der Waals surface area contributed by atoms with Crippen LogP contribution in [0, 0.1) is 5.41 Å². The number of rotatable bonds is 0. The number of halogens is 1. The van der Waals surface area contributed by atoms with Crippen molar-refractivity contribution in [1.29, 1.82) is 0 Å². The highest BCUT2D eigenvalue weighted by atomic mass is 79.9. The third kappa shape index (κ3) is 1.53. The molecule has 12 heavy (non-hydrogen) atoms. The summed E-state index contributed by atoms with van der Waals surface area (Å²) in [6.45, 7) is 5.47. The lowest BCUT2D eigenvalue weighted by Gasteiger charge is -2.31. The topological polar surface area (TPSA) is 9.23 Å². The summed E-state index contributed by atoms with van der Waals surface area (Å²) in [5.41, 5.74) is 1.95. The fourth-order valence-corrected chi connectivity index (χ4v) is 4.84. The molecule has 0 amide bonds. The highest BCUT2D eigenvalue weighted by Crippen LogP contribution is 2.55. The highest BCUT2D eigenvalue weighted by molar-refractivity contribution is 9.54. The van der Waals surface area contributed by atoms with Gasteiger partial charge in [-0.25, -0.2) is 0 Å². The fourth-order valence-electron chi connectivity index (χ4n) is 1.84. The minimum atomic E-state index is -0.0940. The Morgan fingerprint density at radius 2 is 2.25 bits per heavy atom. The molecule has 0 spiro atoms. The number of hydrogen-bond donors (Lipinski definition) is 1. The van der Waals surface area contributed by atoms with Gasteiger partial charge in [-0.05, 0) is 39.0 Å². The number of hydrogen-bond acceptors (Lipinski definition) is 1. The molecule has 0 fully saturated rings. The maximum atomic E-state index is 5.79. The molecular weight excluding hydrogens is 236 g/mol. The lowest BCUT2D eigenvalue weighted by molar-refractivity contribution is 0.107. The van der Waals surface area contributed by atoms with Crippen LogP contribution in [-0.2, 0) is 4.74 Å². The van der Waals surface area contributed by atoms with Crippen molar-refractivity contribution in [2.24, 2.45) is 5.41 Å². The van der Waals surface area contributed by atoms with E-state index in [0.717, 1.165) is 6.61 Å². The van der Waals surface area contributed by atoms with Crippen LogP contribution in [0.2, 0.25) is 0 Å². The van der Waals surface area contributed by atoms with Gasteiger partial charge in [0.2, 0.25) is 0 Å². The van der Waals surface area contributed by atoms with E-state index in [-0.39, 0.29) is 9.33 Å². The Morgan fingerprint density at radius 3 is 3.00 bits per heavy atom. The molecule has 0 radical (unpaired) electrons. The molecule has 70 valence electrons. The molecule has 0 saturated carbocycles. The Hall–Kier alpha value is 0.370. The maximum absolute atomic E-state index is 5.79. The summed E-state index contributed by atoms with van der Waals surface area (Å²) in [5, 5.41) is 1.31. The van der Waals surface area contributed by atoms with Gasteiger partial charge in [0.1, 0.15) is 5.09 Å². The maximum Gasteiger partial charge on any atom is 0.142 e. The average molecular weight is 251 g/mol. The summed E-state index contributed by atoms with van der Waals surface area (Å²) in [5.74, 6) is 1.29. The van der Waals surface area contributed by atoms with E-state index in [1.807, 2.05) is 0 Å². The molecule has 2 heterocycles. The molecule has 1 atom stereocenters. The van der Waals surface area contributed by atoms with Crippen molar-refractivity contribution in [1.82, 2.24) is 0 Å². The van der Waals surface area contributed by atoms with Crippen LogP contribution >= 0.6 is 24.1 Å². The SMILES string of the molecule is CC1(C)COC2=C(CC[SH]2Br)C1. The minimum absolute atomic E-state index is 0.0940. The average Bonchev–Trinajstić information content (AvgIpc) is 2.30. The molecule has 0 N–H and O–H groups in total. The number of ether oxygens (including phenoxy) is 1. The number of thiol groups is 1. The Kier molecular flexibility index (Phi) is 2.20. The van der Waals surface area contributed by atoms with Crippen LogP contribution in [0.3, 0.4) is 0 Å². The first-order chi connectivity index (χ1) is 5.58. The van der Waals surface area contributed by atoms with E-state index in [0.29, 0.717) is 5.41 Å². The summed E-state index contributed by atoms with van der Waals surface area (Å²) in [6.07, 6.45) is 2.50. The first kappa shape index (κ1) is 8.95. The molecule has 0 bridgehead atoms. The molecule has 0 aromatic heterocycles. The monoisotopic (exact) mass is 250 g/mol.